The van der Waals surface area contributed by atoms with Gasteiger partial charge in [0.1, 0.15) is 12.1 Å². The van der Waals surface area contributed by atoms with E-state index in [2.05, 4.69) is 19.9 Å². The summed E-state index contributed by atoms with van der Waals surface area (Å²) in [7, 11) is 0. The van der Waals surface area contributed by atoms with Gasteiger partial charge in [0.2, 0.25) is 0 Å². The van der Waals surface area contributed by atoms with Crippen molar-refractivity contribution in [3.8, 4) is 0 Å². The summed E-state index contributed by atoms with van der Waals surface area (Å²) in [4.78, 5) is 28.0. The Kier molecular flexibility index (Phi) is 4.07. The van der Waals surface area contributed by atoms with Gasteiger partial charge in [-0.15, -0.1) is 0 Å². The second kappa shape index (κ2) is 6.72. The zero-order chi connectivity index (χ0) is 18.2. The predicted octanol–water partition coefficient (Wildman–Crippen LogP) is 2.13. The first kappa shape index (κ1) is 16.4. The number of fused-ring (bicyclic) bond motifs is 2. The average Bonchev–Trinajstić information content (AvgIpc) is 3.16. The van der Waals surface area contributed by atoms with Crippen LogP contribution in [0.2, 0.25) is 0 Å². The molecule has 1 aliphatic heterocycles. The van der Waals surface area contributed by atoms with E-state index in [-0.39, 0.29) is 11.6 Å². The first-order chi connectivity index (χ1) is 13.3. The molecule has 4 heterocycles. The Labute approximate surface area is 157 Å². The highest BCUT2D eigenvalue weighted by Gasteiger charge is 2.28. The van der Waals surface area contributed by atoms with Gasteiger partial charge in [0, 0.05) is 18.8 Å². The molecule has 1 aliphatic carbocycles. The maximum absolute atomic E-state index is 12.6. The van der Waals surface area contributed by atoms with Gasteiger partial charge >= 0.3 is 0 Å². The minimum absolute atomic E-state index is 0.0108. The molecule has 1 fully saturated rings. The van der Waals surface area contributed by atoms with Crippen molar-refractivity contribution >= 4 is 16.9 Å². The van der Waals surface area contributed by atoms with Crippen LogP contribution in [-0.4, -0.2) is 37.3 Å². The molecule has 7 heteroatoms. The number of aromatic nitrogens is 5. The molecule has 0 radical (unpaired) electrons. The minimum Gasteiger partial charge on any atom is -0.351 e. The van der Waals surface area contributed by atoms with Gasteiger partial charge < -0.3 is 4.90 Å². The van der Waals surface area contributed by atoms with Gasteiger partial charge in [-0.25, -0.2) is 19.6 Å². The van der Waals surface area contributed by atoms with Gasteiger partial charge in [0.05, 0.1) is 23.7 Å². The second-order valence-electron chi connectivity index (χ2n) is 7.41. The third-order valence-electron chi connectivity index (χ3n) is 5.69. The fourth-order valence-corrected chi connectivity index (χ4v) is 4.35. The average molecular weight is 362 g/mol. The molecule has 5 rings (SSSR count). The van der Waals surface area contributed by atoms with E-state index in [1.165, 1.54) is 0 Å². The monoisotopic (exact) mass is 362 g/mol. The number of pyridine rings is 1. The molecular formula is C20H22N6O. The van der Waals surface area contributed by atoms with Gasteiger partial charge in [-0.05, 0) is 56.2 Å². The Morgan fingerprint density at radius 1 is 1.11 bits per heavy atom. The molecule has 1 unspecified atom stereocenters. The van der Waals surface area contributed by atoms with Crippen molar-refractivity contribution in [3.05, 3.63) is 52.3 Å². The molecule has 0 bridgehead atoms. The Morgan fingerprint density at radius 2 is 2.04 bits per heavy atom. The summed E-state index contributed by atoms with van der Waals surface area (Å²) in [5.41, 5.74) is 2.95. The summed E-state index contributed by atoms with van der Waals surface area (Å²) in [6.07, 6.45) is 9.70. The van der Waals surface area contributed by atoms with Crippen LogP contribution < -0.4 is 10.5 Å². The fraction of sp³-hybridized carbons (Fsp3) is 0.450. The first-order valence-corrected chi connectivity index (χ1v) is 9.72. The van der Waals surface area contributed by atoms with Crippen molar-refractivity contribution in [2.75, 3.05) is 11.4 Å². The number of anilines is 1. The molecule has 2 aliphatic rings. The van der Waals surface area contributed by atoms with Crippen molar-refractivity contribution in [2.24, 2.45) is 0 Å². The molecule has 0 spiro atoms. The molecule has 138 valence electrons. The molecule has 0 N–H and O–H groups in total. The standard InChI is InChI=1S/C20H22N6O/c27-18-11-14-5-1-2-8-17(14)24-26(18)12-15-6-4-10-25(15)20-16-7-3-9-21-19(16)22-13-23-20/h3,7,9,11,13,15H,1-2,4-6,8,10,12H2. The van der Waals surface area contributed by atoms with E-state index < -0.39 is 0 Å². The third kappa shape index (κ3) is 2.97. The number of hydrogen-bond donors (Lipinski definition) is 0. The van der Waals surface area contributed by atoms with Crippen LogP contribution in [0.1, 0.15) is 36.9 Å². The summed E-state index contributed by atoms with van der Waals surface area (Å²) in [5, 5.41) is 5.66. The van der Waals surface area contributed by atoms with Gasteiger partial charge in [-0.3, -0.25) is 4.79 Å². The lowest BCUT2D eigenvalue weighted by Gasteiger charge is -2.27. The van der Waals surface area contributed by atoms with Crippen LogP contribution in [0, 0.1) is 0 Å². The van der Waals surface area contributed by atoms with Gasteiger partial charge in [0.25, 0.3) is 5.56 Å². The van der Waals surface area contributed by atoms with Gasteiger partial charge in [-0.1, -0.05) is 0 Å². The summed E-state index contributed by atoms with van der Waals surface area (Å²) >= 11 is 0. The maximum atomic E-state index is 12.6. The molecule has 7 nitrogen and oxygen atoms in total. The number of aryl methyl sites for hydroxylation is 2. The molecule has 0 amide bonds. The summed E-state index contributed by atoms with van der Waals surface area (Å²) in [6, 6.07) is 5.92. The summed E-state index contributed by atoms with van der Waals surface area (Å²) in [6.45, 7) is 1.52. The summed E-state index contributed by atoms with van der Waals surface area (Å²) in [5.74, 6) is 0.904. The van der Waals surface area contributed by atoms with E-state index >= 15 is 0 Å². The molecule has 0 saturated carbocycles. The molecule has 27 heavy (non-hydrogen) atoms. The van der Waals surface area contributed by atoms with Gasteiger partial charge in [-0.2, -0.15) is 5.10 Å². The van der Waals surface area contributed by atoms with Gasteiger partial charge in [0.15, 0.2) is 5.65 Å². The lowest BCUT2D eigenvalue weighted by atomic mass is 9.97. The van der Waals surface area contributed by atoms with E-state index in [9.17, 15) is 4.79 Å². The predicted molar refractivity (Wildman–Crippen MR) is 103 cm³/mol. The van der Waals surface area contributed by atoms with Crippen LogP contribution >= 0.6 is 0 Å². The van der Waals surface area contributed by atoms with Crippen LogP contribution in [0.25, 0.3) is 11.0 Å². The lowest BCUT2D eigenvalue weighted by Crippen LogP contribution is -2.38. The minimum atomic E-state index is 0.0108. The van der Waals surface area contributed by atoms with E-state index in [1.54, 1.807) is 23.3 Å². The zero-order valence-corrected chi connectivity index (χ0v) is 15.2. The van der Waals surface area contributed by atoms with E-state index in [0.29, 0.717) is 12.2 Å². The molecule has 1 saturated heterocycles. The van der Waals surface area contributed by atoms with Crippen LogP contribution in [0.4, 0.5) is 5.82 Å². The topological polar surface area (TPSA) is 76.8 Å². The largest absolute Gasteiger partial charge is 0.351 e. The molecule has 1 atom stereocenters. The Bertz CT molecular complexity index is 1040. The van der Waals surface area contributed by atoms with E-state index in [4.69, 9.17) is 5.10 Å². The van der Waals surface area contributed by atoms with Crippen molar-refractivity contribution in [3.63, 3.8) is 0 Å². The van der Waals surface area contributed by atoms with Crippen molar-refractivity contribution in [2.45, 2.75) is 51.1 Å². The Hall–Kier alpha value is -2.83. The van der Waals surface area contributed by atoms with E-state index in [0.717, 1.165) is 67.5 Å². The Morgan fingerprint density at radius 3 is 3.00 bits per heavy atom. The highest BCUT2D eigenvalue weighted by Crippen LogP contribution is 2.29. The fourth-order valence-electron chi connectivity index (χ4n) is 4.35. The maximum Gasteiger partial charge on any atom is 0.267 e. The molecule has 3 aromatic heterocycles. The lowest BCUT2D eigenvalue weighted by molar-refractivity contribution is 0.472. The summed E-state index contributed by atoms with van der Waals surface area (Å²) < 4.78 is 1.66. The van der Waals surface area contributed by atoms with E-state index in [1.807, 2.05) is 12.1 Å². The highest BCUT2D eigenvalue weighted by molar-refractivity contribution is 5.86. The van der Waals surface area contributed by atoms with Crippen molar-refractivity contribution in [1.82, 2.24) is 24.7 Å². The van der Waals surface area contributed by atoms with Crippen LogP contribution in [0.15, 0.2) is 35.5 Å². The van der Waals surface area contributed by atoms with Crippen LogP contribution in [-0.2, 0) is 19.4 Å². The smallest absolute Gasteiger partial charge is 0.267 e. The number of rotatable bonds is 3. The molecule has 3 aromatic rings. The van der Waals surface area contributed by atoms with Crippen molar-refractivity contribution in [1.29, 1.82) is 0 Å². The van der Waals surface area contributed by atoms with Crippen LogP contribution in [0.3, 0.4) is 0 Å². The Balaban J connectivity index is 1.48. The SMILES string of the molecule is O=c1cc2c(nn1CC1CCCN1c1ncnc3ncccc13)CCCC2. The normalized spacial score (nSPS) is 19.4. The van der Waals surface area contributed by atoms with Crippen molar-refractivity contribution < 1.29 is 0 Å². The molecule has 0 aromatic carbocycles. The highest BCUT2D eigenvalue weighted by atomic mass is 16.1. The zero-order valence-electron chi connectivity index (χ0n) is 15.2. The number of nitrogens with zero attached hydrogens (tertiary/aromatic N) is 6. The first-order valence-electron chi connectivity index (χ1n) is 9.72. The van der Waals surface area contributed by atoms with Crippen LogP contribution in [0.5, 0.6) is 0 Å². The molecular weight excluding hydrogens is 340 g/mol. The number of hydrogen-bond acceptors (Lipinski definition) is 6. The second-order valence-corrected chi connectivity index (χ2v) is 7.41. The third-order valence-corrected chi connectivity index (χ3v) is 5.69. The quantitative estimate of drug-likeness (QED) is 0.710.